The maximum atomic E-state index is 11.5. The number of esters is 1. The van der Waals surface area contributed by atoms with Gasteiger partial charge < -0.3 is 9.84 Å². The van der Waals surface area contributed by atoms with Crippen LogP contribution >= 0.6 is 11.3 Å². The summed E-state index contributed by atoms with van der Waals surface area (Å²) in [5.74, 6) is -1.88. The fourth-order valence-electron chi connectivity index (χ4n) is 1.45. The summed E-state index contributed by atoms with van der Waals surface area (Å²) in [5.41, 5.74) is 1.10. The first kappa shape index (κ1) is 13.6. The second-order valence-electron chi connectivity index (χ2n) is 3.99. The smallest absolute Gasteiger partial charge is 0.322 e. The van der Waals surface area contributed by atoms with E-state index in [1.165, 1.54) is 25.4 Å². The molecule has 0 aliphatic heterocycles. The van der Waals surface area contributed by atoms with Crippen LogP contribution in [0.15, 0.2) is 5.51 Å². The topological polar surface area (TPSA) is 76.5 Å². The number of ether oxygens (including phenoxy) is 1. The van der Waals surface area contributed by atoms with Crippen LogP contribution < -0.4 is 0 Å². The normalized spacial score (nSPS) is 14.1. The van der Waals surface area contributed by atoms with Gasteiger partial charge in [0.05, 0.1) is 18.3 Å². The highest BCUT2D eigenvalue weighted by Gasteiger charge is 2.42. The van der Waals surface area contributed by atoms with Crippen LogP contribution in [-0.4, -0.2) is 29.1 Å². The monoisotopic (exact) mass is 257 g/mol. The predicted octanol–water partition coefficient (Wildman–Crippen LogP) is 1.65. The van der Waals surface area contributed by atoms with Gasteiger partial charge in [-0.05, 0) is 26.7 Å². The van der Waals surface area contributed by atoms with Gasteiger partial charge in [0.15, 0.2) is 5.41 Å². The van der Waals surface area contributed by atoms with E-state index in [0.717, 1.165) is 10.6 Å². The van der Waals surface area contributed by atoms with E-state index in [-0.39, 0.29) is 6.42 Å². The summed E-state index contributed by atoms with van der Waals surface area (Å²) in [4.78, 5) is 27.7. The third-order valence-electron chi connectivity index (χ3n) is 2.80. The first-order valence-corrected chi connectivity index (χ1v) is 6.00. The van der Waals surface area contributed by atoms with Crippen molar-refractivity contribution in [3.8, 4) is 0 Å². The first-order valence-electron chi connectivity index (χ1n) is 5.12. The lowest BCUT2D eigenvalue weighted by molar-refractivity contribution is -0.166. The van der Waals surface area contributed by atoms with Gasteiger partial charge in [0.1, 0.15) is 0 Å². The molecular formula is C11H15NO4S. The lowest BCUT2D eigenvalue weighted by atomic mass is 9.85. The summed E-state index contributed by atoms with van der Waals surface area (Å²) >= 11 is 1.47. The molecule has 1 aromatic heterocycles. The lowest BCUT2D eigenvalue weighted by Gasteiger charge is -2.21. The fraction of sp³-hybridized carbons (Fsp3) is 0.545. The molecule has 1 unspecified atom stereocenters. The highest BCUT2D eigenvalue weighted by Crippen LogP contribution is 2.27. The number of aryl methyl sites for hydroxylation is 2. The van der Waals surface area contributed by atoms with Crippen molar-refractivity contribution in [2.24, 2.45) is 5.41 Å². The number of thiazole rings is 1. The number of aromatic nitrogens is 1. The summed E-state index contributed by atoms with van der Waals surface area (Å²) in [6, 6.07) is 0. The van der Waals surface area contributed by atoms with Crippen LogP contribution in [0.25, 0.3) is 0 Å². The number of hydrogen-bond acceptors (Lipinski definition) is 5. The van der Waals surface area contributed by atoms with Crippen LogP contribution in [-0.2, 0) is 20.7 Å². The van der Waals surface area contributed by atoms with Crippen molar-refractivity contribution in [1.29, 1.82) is 0 Å². The molecule has 0 amide bonds. The summed E-state index contributed by atoms with van der Waals surface area (Å²) in [5, 5.41) is 9.12. The molecule has 1 heterocycles. The molecule has 1 aromatic rings. The van der Waals surface area contributed by atoms with Crippen molar-refractivity contribution in [1.82, 2.24) is 4.98 Å². The molecule has 0 aliphatic rings. The minimum atomic E-state index is -1.49. The Kier molecular flexibility index (Phi) is 4.22. The predicted molar refractivity (Wildman–Crippen MR) is 62.9 cm³/mol. The maximum Gasteiger partial charge on any atom is 0.322 e. The average Bonchev–Trinajstić information content (AvgIpc) is 2.70. The van der Waals surface area contributed by atoms with Gasteiger partial charge in [-0.1, -0.05) is 0 Å². The van der Waals surface area contributed by atoms with E-state index in [4.69, 9.17) is 5.11 Å². The van der Waals surface area contributed by atoms with E-state index in [2.05, 4.69) is 9.72 Å². The third-order valence-corrected chi connectivity index (χ3v) is 3.80. The molecule has 0 spiro atoms. The Morgan fingerprint density at radius 3 is 2.65 bits per heavy atom. The van der Waals surface area contributed by atoms with Gasteiger partial charge in [0.25, 0.3) is 0 Å². The second kappa shape index (κ2) is 5.27. The van der Waals surface area contributed by atoms with Crippen molar-refractivity contribution < 1.29 is 19.4 Å². The summed E-state index contributed by atoms with van der Waals surface area (Å²) < 4.78 is 4.54. The van der Waals surface area contributed by atoms with Crippen molar-refractivity contribution in [2.45, 2.75) is 26.7 Å². The van der Waals surface area contributed by atoms with E-state index >= 15 is 0 Å². The van der Waals surface area contributed by atoms with E-state index in [1.807, 2.05) is 6.92 Å². The number of carbonyl (C=O) groups is 2. The molecule has 6 heteroatoms. The Balaban J connectivity index is 2.79. The number of nitrogens with zero attached hydrogens (tertiary/aromatic N) is 1. The maximum absolute atomic E-state index is 11.5. The average molecular weight is 257 g/mol. The fourth-order valence-corrected chi connectivity index (χ4v) is 2.23. The molecule has 0 fully saturated rings. The third kappa shape index (κ3) is 2.82. The van der Waals surface area contributed by atoms with Crippen LogP contribution in [0.4, 0.5) is 0 Å². The zero-order valence-corrected chi connectivity index (χ0v) is 10.8. The minimum absolute atomic E-state index is 0.206. The lowest BCUT2D eigenvalue weighted by Crippen LogP contribution is -2.37. The highest BCUT2D eigenvalue weighted by molar-refractivity contribution is 7.09. The van der Waals surface area contributed by atoms with Gasteiger partial charge in [0.2, 0.25) is 0 Å². The summed E-state index contributed by atoms with van der Waals surface area (Å²) in [6.45, 7) is 3.25. The molecule has 94 valence electrons. The Bertz CT molecular complexity index is 429. The molecule has 0 aliphatic carbocycles. The van der Waals surface area contributed by atoms with E-state index < -0.39 is 17.4 Å². The van der Waals surface area contributed by atoms with E-state index in [0.29, 0.717) is 6.42 Å². The van der Waals surface area contributed by atoms with Crippen LogP contribution in [0.5, 0.6) is 0 Å². The Hall–Kier alpha value is -1.43. The molecule has 0 aromatic carbocycles. The number of methoxy groups -OCH3 is 1. The van der Waals surface area contributed by atoms with Crippen molar-refractivity contribution in [3.63, 3.8) is 0 Å². The Labute approximate surface area is 103 Å². The summed E-state index contributed by atoms with van der Waals surface area (Å²) in [6.07, 6.45) is 0.715. The summed E-state index contributed by atoms with van der Waals surface area (Å²) in [7, 11) is 1.20. The van der Waals surface area contributed by atoms with Crippen molar-refractivity contribution in [2.75, 3.05) is 7.11 Å². The molecule has 1 rings (SSSR count). The number of carboxylic acids is 1. The van der Waals surface area contributed by atoms with Crippen LogP contribution in [0.3, 0.4) is 0 Å². The molecular weight excluding hydrogens is 242 g/mol. The zero-order chi connectivity index (χ0) is 13.1. The second-order valence-corrected chi connectivity index (χ2v) is 4.93. The molecule has 0 bridgehead atoms. The molecule has 0 radical (unpaired) electrons. The van der Waals surface area contributed by atoms with Gasteiger partial charge >= 0.3 is 11.9 Å². The minimum Gasteiger partial charge on any atom is -0.480 e. The standard InChI is InChI=1S/C11H15NO4S/c1-7-8(17-6-12-7)4-5-11(2,9(13)14)10(15)16-3/h6H,4-5H2,1-3H3,(H,13,14). The van der Waals surface area contributed by atoms with Crippen molar-refractivity contribution in [3.05, 3.63) is 16.1 Å². The largest absolute Gasteiger partial charge is 0.480 e. The molecule has 0 saturated heterocycles. The number of aliphatic carboxylic acids is 1. The van der Waals surface area contributed by atoms with E-state index in [1.54, 1.807) is 5.51 Å². The van der Waals surface area contributed by atoms with Gasteiger partial charge in [0, 0.05) is 4.88 Å². The zero-order valence-electron chi connectivity index (χ0n) is 10.0. The Morgan fingerprint density at radius 1 is 1.59 bits per heavy atom. The SMILES string of the molecule is COC(=O)C(C)(CCc1scnc1C)C(=O)O. The number of carboxylic acid groups (broad SMARTS) is 1. The van der Waals surface area contributed by atoms with E-state index in [9.17, 15) is 9.59 Å². The van der Waals surface area contributed by atoms with Crippen LogP contribution in [0.1, 0.15) is 23.9 Å². The van der Waals surface area contributed by atoms with Crippen molar-refractivity contribution >= 4 is 23.3 Å². The quantitative estimate of drug-likeness (QED) is 0.641. The Morgan fingerprint density at radius 2 is 2.24 bits per heavy atom. The highest BCUT2D eigenvalue weighted by atomic mass is 32.1. The van der Waals surface area contributed by atoms with Gasteiger partial charge in [-0.2, -0.15) is 0 Å². The van der Waals surface area contributed by atoms with Gasteiger partial charge in [-0.25, -0.2) is 4.98 Å². The number of carbonyl (C=O) groups excluding carboxylic acids is 1. The molecule has 1 N–H and O–H groups in total. The molecule has 1 atom stereocenters. The van der Waals surface area contributed by atoms with Crippen LogP contribution in [0, 0.1) is 12.3 Å². The van der Waals surface area contributed by atoms with Gasteiger partial charge in [-0.3, -0.25) is 9.59 Å². The molecule has 0 saturated carbocycles. The first-order chi connectivity index (χ1) is 7.91. The number of rotatable bonds is 5. The number of hydrogen-bond donors (Lipinski definition) is 1. The van der Waals surface area contributed by atoms with Gasteiger partial charge in [-0.15, -0.1) is 11.3 Å². The molecule has 17 heavy (non-hydrogen) atoms. The van der Waals surface area contributed by atoms with Crippen LogP contribution in [0.2, 0.25) is 0 Å². The molecule has 5 nitrogen and oxygen atoms in total.